The number of hydrogen-bond donors (Lipinski definition) is 3. The van der Waals surface area contributed by atoms with Gasteiger partial charge in [0.2, 0.25) is 5.82 Å². The van der Waals surface area contributed by atoms with E-state index in [0.717, 1.165) is 0 Å². The topological polar surface area (TPSA) is 86.6 Å². The third-order valence-corrected chi connectivity index (χ3v) is 2.78. The second-order valence-corrected chi connectivity index (χ2v) is 4.54. The van der Waals surface area contributed by atoms with Crippen molar-refractivity contribution in [3.05, 3.63) is 29.1 Å². The molecule has 1 atom stereocenters. The highest BCUT2D eigenvalue weighted by atomic mass is 19.2. The fourth-order valence-corrected chi connectivity index (χ4v) is 1.69. The van der Waals surface area contributed by atoms with Crippen molar-refractivity contribution in [2.75, 3.05) is 0 Å². The number of rotatable bonds is 6. The normalized spacial score (nSPS) is 12.0. The summed E-state index contributed by atoms with van der Waals surface area (Å²) in [5.41, 5.74) is -0.823. The fourth-order valence-electron chi connectivity index (χ4n) is 1.69. The van der Waals surface area contributed by atoms with E-state index in [1.54, 1.807) is 6.92 Å². The van der Waals surface area contributed by atoms with Crippen molar-refractivity contribution < 1.29 is 33.0 Å². The summed E-state index contributed by atoms with van der Waals surface area (Å²) in [6.45, 7) is 1.55. The lowest BCUT2D eigenvalue weighted by atomic mass is 10.1. The van der Waals surface area contributed by atoms with E-state index in [2.05, 4.69) is 5.32 Å². The molecule has 0 aliphatic heterocycles. The molecule has 0 saturated heterocycles. The number of carbonyl (C=O) groups excluding carboxylic acids is 1. The minimum absolute atomic E-state index is 0.0828. The molecule has 0 bridgehead atoms. The number of aliphatic carboxylic acids is 1. The number of phenolic OH excluding ortho intramolecular Hbond substituents is 1. The second kappa shape index (κ2) is 6.96. The highest BCUT2D eigenvalue weighted by Crippen LogP contribution is 2.25. The Kier molecular flexibility index (Phi) is 5.57. The molecule has 0 spiro atoms. The lowest BCUT2D eigenvalue weighted by molar-refractivity contribution is -0.137. The van der Waals surface area contributed by atoms with E-state index >= 15 is 0 Å². The van der Waals surface area contributed by atoms with Gasteiger partial charge >= 0.3 is 5.97 Å². The molecule has 8 heteroatoms. The molecule has 0 aliphatic carbocycles. The van der Waals surface area contributed by atoms with Gasteiger partial charge in [0.25, 0.3) is 5.91 Å². The van der Waals surface area contributed by atoms with Gasteiger partial charge in [-0.15, -0.1) is 0 Å². The summed E-state index contributed by atoms with van der Waals surface area (Å²) in [4.78, 5) is 22.1. The van der Waals surface area contributed by atoms with Gasteiger partial charge in [-0.2, -0.15) is 4.39 Å². The largest absolute Gasteiger partial charge is 0.503 e. The molecular formula is C13H14F3NO4. The number of carboxylic acid groups (broad SMARTS) is 1. The van der Waals surface area contributed by atoms with E-state index in [0.29, 0.717) is 18.9 Å². The molecule has 21 heavy (non-hydrogen) atoms. The third-order valence-electron chi connectivity index (χ3n) is 2.78. The van der Waals surface area contributed by atoms with Crippen molar-refractivity contribution in [3.8, 4) is 5.75 Å². The summed E-state index contributed by atoms with van der Waals surface area (Å²) < 4.78 is 39.5. The zero-order chi connectivity index (χ0) is 16.2. The Morgan fingerprint density at radius 3 is 2.48 bits per heavy atom. The second-order valence-electron chi connectivity index (χ2n) is 4.54. The van der Waals surface area contributed by atoms with Gasteiger partial charge in [0.05, 0.1) is 5.56 Å². The van der Waals surface area contributed by atoms with Crippen LogP contribution in [0.4, 0.5) is 13.2 Å². The number of benzene rings is 1. The van der Waals surface area contributed by atoms with E-state index in [4.69, 9.17) is 10.2 Å². The van der Waals surface area contributed by atoms with Crippen LogP contribution in [0, 0.1) is 17.5 Å². The number of hydrogen-bond acceptors (Lipinski definition) is 3. The molecule has 3 N–H and O–H groups in total. The smallest absolute Gasteiger partial charge is 0.303 e. The highest BCUT2D eigenvalue weighted by Gasteiger charge is 2.23. The summed E-state index contributed by atoms with van der Waals surface area (Å²) in [5.74, 6) is -8.42. The molecular weight excluding hydrogens is 291 g/mol. The molecule has 1 aromatic carbocycles. The third kappa shape index (κ3) is 4.37. The van der Waals surface area contributed by atoms with Gasteiger partial charge in [-0.1, -0.05) is 0 Å². The number of carbonyl (C=O) groups is 2. The molecule has 1 unspecified atom stereocenters. The maximum Gasteiger partial charge on any atom is 0.303 e. The fraction of sp³-hybridized carbons (Fsp3) is 0.385. The summed E-state index contributed by atoms with van der Waals surface area (Å²) in [7, 11) is 0. The lowest BCUT2D eigenvalue weighted by Crippen LogP contribution is -2.33. The van der Waals surface area contributed by atoms with Gasteiger partial charge in [0, 0.05) is 12.5 Å². The molecule has 0 aliphatic rings. The van der Waals surface area contributed by atoms with Crippen LogP contribution in [0.3, 0.4) is 0 Å². The number of nitrogens with one attached hydrogen (secondary N) is 1. The Morgan fingerprint density at radius 1 is 1.29 bits per heavy atom. The van der Waals surface area contributed by atoms with E-state index in [1.807, 2.05) is 0 Å². The standard InChI is InChI=1S/C13H14F3NO4/c1-6(3-2-4-9(18)19)17-13(21)7-5-8(14)11(16)12(20)10(7)15/h5-6,20H,2-4H2,1H3,(H,17,21)(H,18,19). The quantitative estimate of drug-likeness (QED) is 0.703. The monoisotopic (exact) mass is 305 g/mol. The molecule has 0 saturated carbocycles. The van der Waals surface area contributed by atoms with E-state index in [1.165, 1.54) is 0 Å². The van der Waals surface area contributed by atoms with Crippen molar-refractivity contribution in [1.29, 1.82) is 0 Å². The average molecular weight is 305 g/mol. The Hall–Kier alpha value is -2.25. The van der Waals surface area contributed by atoms with Crippen LogP contribution in [0.15, 0.2) is 6.07 Å². The van der Waals surface area contributed by atoms with Crippen LogP contribution < -0.4 is 5.32 Å². The predicted octanol–water partition coefficient (Wildman–Crippen LogP) is 2.18. The Labute approximate surface area is 118 Å². The van der Waals surface area contributed by atoms with Crippen LogP contribution in [-0.2, 0) is 4.79 Å². The van der Waals surface area contributed by atoms with Crippen molar-refractivity contribution in [1.82, 2.24) is 5.32 Å². The Balaban J connectivity index is 2.74. The van der Waals surface area contributed by atoms with Gasteiger partial charge in [0.1, 0.15) is 0 Å². The first-order valence-corrected chi connectivity index (χ1v) is 6.13. The number of aromatic hydroxyl groups is 1. The zero-order valence-corrected chi connectivity index (χ0v) is 11.1. The van der Waals surface area contributed by atoms with Crippen LogP contribution in [0.1, 0.15) is 36.5 Å². The number of carboxylic acids is 1. The van der Waals surface area contributed by atoms with E-state index in [9.17, 15) is 22.8 Å². The van der Waals surface area contributed by atoms with Crippen LogP contribution in [0.2, 0.25) is 0 Å². The minimum atomic E-state index is -1.77. The van der Waals surface area contributed by atoms with Crippen LogP contribution in [-0.4, -0.2) is 28.1 Å². The summed E-state index contributed by atoms with van der Waals surface area (Å²) in [5, 5.41) is 19.8. The first-order valence-electron chi connectivity index (χ1n) is 6.13. The SMILES string of the molecule is CC(CCCC(=O)O)NC(=O)c1cc(F)c(F)c(O)c1F. The number of amides is 1. The average Bonchev–Trinajstić information content (AvgIpc) is 2.39. The molecule has 1 aromatic rings. The van der Waals surface area contributed by atoms with Crippen molar-refractivity contribution in [2.45, 2.75) is 32.2 Å². The lowest BCUT2D eigenvalue weighted by Gasteiger charge is -2.14. The Morgan fingerprint density at radius 2 is 1.90 bits per heavy atom. The number of phenols is 1. The van der Waals surface area contributed by atoms with Crippen LogP contribution in [0.5, 0.6) is 5.75 Å². The highest BCUT2D eigenvalue weighted by molar-refractivity contribution is 5.95. The predicted molar refractivity (Wildman–Crippen MR) is 66.4 cm³/mol. The summed E-state index contributed by atoms with van der Waals surface area (Å²) in [6, 6.07) is -0.143. The number of halogens is 3. The van der Waals surface area contributed by atoms with Crippen molar-refractivity contribution in [3.63, 3.8) is 0 Å². The molecule has 5 nitrogen and oxygen atoms in total. The van der Waals surface area contributed by atoms with Crippen molar-refractivity contribution >= 4 is 11.9 Å². The maximum absolute atomic E-state index is 13.5. The first-order chi connectivity index (χ1) is 9.73. The zero-order valence-electron chi connectivity index (χ0n) is 11.1. The molecule has 1 rings (SSSR count). The first kappa shape index (κ1) is 16.8. The van der Waals surface area contributed by atoms with Crippen LogP contribution in [0.25, 0.3) is 0 Å². The van der Waals surface area contributed by atoms with Gasteiger partial charge in [-0.3, -0.25) is 9.59 Å². The molecule has 0 fully saturated rings. The molecule has 116 valence electrons. The van der Waals surface area contributed by atoms with Gasteiger partial charge in [-0.25, -0.2) is 8.78 Å². The van der Waals surface area contributed by atoms with E-state index < -0.39 is 46.7 Å². The van der Waals surface area contributed by atoms with Gasteiger partial charge in [-0.05, 0) is 25.8 Å². The Bertz CT molecular complexity index is 563. The molecule has 1 amide bonds. The molecule has 0 aromatic heterocycles. The molecule has 0 radical (unpaired) electrons. The van der Waals surface area contributed by atoms with Crippen LogP contribution >= 0.6 is 0 Å². The van der Waals surface area contributed by atoms with Gasteiger partial charge in [0.15, 0.2) is 17.4 Å². The summed E-state index contributed by atoms with van der Waals surface area (Å²) >= 11 is 0. The van der Waals surface area contributed by atoms with E-state index in [-0.39, 0.29) is 6.42 Å². The maximum atomic E-state index is 13.5. The van der Waals surface area contributed by atoms with Crippen molar-refractivity contribution in [2.24, 2.45) is 0 Å². The molecule has 0 heterocycles. The summed E-state index contributed by atoms with van der Waals surface area (Å²) in [6.07, 6.45) is 0.526. The van der Waals surface area contributed by atoms with Gasteiger partial charge < -0.3 is 15.5 Å². The minimum Gasteiger partial charge on any atom is -0.503 e.